The van der Waals surface area contributed by atoms with Gasteiger partial charge in [0.05, 0.1) is 5.75 Å². The van der Waals surface area contributed by atoms with Crippen molar-refractivity contribution < 1.29 is 9.59 Å². The molecule has 0 aromatic heterocycles. The van der Waals surface area contributed by atoms with Crippen LogP contribution in [0.1, 0.15) is 43.9 Å². The van der Waals surface area contributed by atoms with Gasteiger partial charge in [0.1, 0.15) is 6.04 Å². The second-order valence-corrected chi connectivity index (χ2v) is 8.98. The van der Waals surface area contributed by atoms with Gasteiger partial charge in [-0.15, -0.1) is 11.8 Å². The van der Waals surface area contributed by atoms with Crippen molar-refractivity contribution in [3.05, 3.63) is 70.2 Å². The van der Waals surface area contributed by atoms with Crippen molar-refractivity contribution in [3.63, 3.8) is 0 Å². The van der Waals surface area contributed by atoms with Crippen molar-refractivity contribution in [3.8, 4) is 0 Å². The van der Waals surface area contributed by atoms with Crippen LogP contribution in [-0.2, 0) is 21.9 Å². The molecule has 2 atom stereocenters. The number of benzene rings is 2. The van der Waals surface area contributed by atoms with Gasteiger partial charge in [-0.05, 0) is 44.4 Å². The van der Waals surface area contributed by atoms with E-state index in [9.17, 15) is 9.59 Å². The number of rotatable bonds is 10. The largest absolute Gasteiger partial charge is 0.352 e. The molecule has 30 heavy (non-hydrogen) atoms. The van der Waals surface area contributed by atoms with Crippen molar-refractivity contribution in [2.45, 2.75) is 58.5 Å². The third-order valence-corrected chi connectivity index (χ3v) is 6.38. The molecule has 0 aliphatic carbocycles. The van der Waals surface area contributed by atoms with E-state index in [4.69, 9.17) is 11.6 Å². The minimum atomic E-state index is -0.548. The van der Waals surface area contributed by atoms with Crippen LogP contribution < -0.4 is 5.32 Å². The molecule has 0 aliphatic heterocycles. The van der Waals surface area contributed by atoms with Crippen LogP contribution in [0.25, 0.3) is 0 Å². The molecular formula is C24H31ClN2O2S. The molecule has 0 aliphatic rings. The maximum Gasteiger partial charge on any atom is 0.242 e. The number of carbonyl (C=O) groups excluding carboxylic acids is 2. The lowest BCUT2D eigenvalue weighted by molar-refractivity contribution is -0.138. The molecule has 0 fully saturated rings. The lowest BCUT2D eigenvalue weighted by Gasteiger charge is -2.29. The molecule has 4 nitrogen and oxygen atoms in total. The Morgan fingerprint density at radius 1 is 1.13 bits per heavy atom. The minimum Gasteiger partial charge on any atom is -0.352 e. The highest BCUT2D eigenvalue weighted by atomic mass is 35.5. The highest BCUT2D eigenvalue weighted by molar-refractivity contribution is 7.99. The lowest BCUT2D eigenvalue weighted by Crippen LogP contribution is -2.50. The highest BCUT2D eigenvalue weighted by Gasteiger charge is 2.26. The summed E-state index contributed by atoms with van der Waals surface area (Å²) in [6, 6.07) is 15.2. The van der Waals surface area contributed by atoms with E-state index < -0.39 is 6.04 Å². The Morgan fingerprint density at radius 3 is 2.53 bits per heavy atom. The van der Waals surface area contributed by atoms with Gasteiger partial charge in [-0.3, -0.25) is 9.59 Å². The fourth-order valence-corrected chi connectivity index (χ4v) is 4.20. The van der Waals surface area contributed by atoms with E-state index >= 15 is 0 Å². The summed E-state index contributed by atoms with van der Waals surface area (Å²) in [4.78, 5) is 27.5. The van der Waals surface area contributed by atoms with Gasteiger partial charge < -0.3 is 10.2 Å². The maximum absolute atomic E-state index is 13.1. The van der Waals surface area contributed by atoms with Gasteiger partial charge in [0.2, 0.25) is 11.8 Å². The number of aryl methyl sites for hydroxylation is 1. The van der Waals surface area contributed by atoms with Gasteiger partial charge in [-0.1, -0.05) is 66.6 Å². The predicted octanol–water partition coefficient (Wildman–Crippen LogP) is 5.21. The van der Waals surface area contributed by atoms with Crippen molar-refractivity contribution in [1.29, 1.82) is 0 Å². The molecule has 2 aromatic carbocycles. The Balaban J connectivity index is 2.09. The smallest absolute Gasteiger partial charge is 0.242 e. The van der Waals surface area contributed by atoms with Crippen LogP contribution >= 0.6 is 23.4 Å². The zero-order chi connectivity index (χ0) is 22.1. The number of amides is 2. The summed E-state index contributed by atoms with van der Waals surface area (Å²) in [5.74, 6) is 0.761. The molecule has 2 rings (SSSR count). The summed E-state index contributed by atoms with van der Waals surface area (Å²) in [5, 5.41) is 3.70. The molecule has 2 aromatic rings. The van der Waals surface area contributed by atoms with E-state index in [1.807, 2.05) is 63.2 Å². The molecule has 1 N–H and O–H groups in total. The predicted molar refractivity (Wildman–Crippen MR) is 127 cm³/mol. The molecular weight excluding hydrogens is 416 g/mol. The molecule has 0 spiro atoms. The van der Waals surface area contributed by atoms with Crippen LogP contribution in [0.15, 0.2) is 48.5 Å². The van der Waals surface area contributed by atoms with E-state index in [0.717, 1.165) is 23.1 Å². The van der Waals surface area contributed by atoms with Crippen LogP contribution in [0.4, 0.5) is 0 Å². The van der Waals surface area contributed by atoms with Crippen LogP contribution in [0.2, 0.25) is 5.02 Å². The van der Waals surface area contributed by atoms with Gasteiger partial charge in [-0.25, -0.2) is 0 Å². The van der Waals surface area contributed by atoms with Crippen molar-refractivity contribution in [1.82, 2.24) is 10.2 Å². The molecule has 0 heterocycles. The number of nitrogens with zero attached hydrogens (tertiary/aromatic N) is 1. The maximum atomic E-state index is 13.1. The number of hydrogen-bond donors (Lipinski definition) is 1. The summed E-state index contributed by atoms with van der Waals surface area (Å²) in [7, 11) is 0. The Kier molecular flexibility index (Phi) is 9.73. The number of carbonyl (C=O) groups is 2. The van der Waals surface area contributed by atoms with Crippen LogP contribution in [0, 0.1) is 6.92 Å². The number of hydrogen-bond acceptors (Lipinski definition) is 3. The molecule has 0 saturated carbocycles. The Hall–Kier alpha value is -1.98. The summed E-state index contributed by atoms with van der Waals surface area (Å²) in [6.45, 7) is 8.22. The zero-order valence-corrected chi connectivity index (χ0v) is 19.7. The Morgan fingerprint density at radius 2 is 1.87 bits per heavy atom. The monoisotopic (exact) mass is 446 g/mol. The molecule has 6 heteroatoms. The summed E-state index contributed by atoms with van der Waals surface area (Å²) < 4.78 is 0. The van der Waals surface area contributed by atoms with Crippen molar-refractivity contribution in [2.75, 3.05) is 5.75 Å². The van der Waals surface area contributed by atoms with Crippen LogP contribution in [0.5, 0.6) is 0 Å². The fraction of sp³-hybridized carbons (Fsp3) is 0.417. The summed E-state index contributed by atoms with van der Waals surface area (Å²) in [6.07, 6.45) is 0.845. The quantitative estimate of drug-likeness (QED) is 0.544. The summed E-state index contributed by atoms with van der Waals surface area (Å²) in [5.41, 5.74) is 3.15. The Bertz CT molecular complexity index is 859. The number of halogens is 1. The molecule has 162 valence electrons. The second-order valence-electron chi connectivity index (χ2n) is 7.59. The molecule has 0 unspecified atom stereocenters. The third kappa shape index (κ3) is 7.37. The second kappa shape index (κ2) is 12.0. The van der Waals surface area contributed by atoms with Gasteiger partial charge in [0.15, 0.2) is 0 Å². The lowest BCUT2D eigenvalue weighted by atomic mass is 10.1. The number of thioether (sulfide) groups is 1. The Labute approximate surface area is 189 Å². The van der Waals surface area contributed by atoms with Crippen LogP contribution in [-0.4, -0.2) is 34.6 Å². The highest BCUT2D eigenvalue weighted by Crippen LogP contribution is 2.22. The first-order valence-corrected chi connectivity index (χ1v) is 11.8. The summed E-state index contributed by atoms with van der Waals surface area (Å²) >= 11 is 7.73. The fourth-order valence-electron chi connectivity index (χ4n) is 3.00. The topological polar surface area (TPSA) is 49.4 Å². The zero-order valence-electron chi connectivity index (χ0n) is 18.2. The molecule has 0 bridgehead atoms. The van der Waals surface area contributed by atoms with Gasteiger partial charge in [0.25, 0.3) is 0 Å². The van der Waals surface area contributed by atoms with Gasteiger partial charge >= 0.3 is 0 Å². The van der Waals surface area contributed by atoms with E-state index in [-0.39, 0.29) is 23.6 Å². The van der Waals surface area contributed by atoms with E-state index in [1.54, 1.807) is 11.8 Å². The van der Waals surface area contributed by atoms with Crippen LogP contribution in [0.3, 0.4) is 0 Å². The minimum absolute atomic E-state index is 0.0552. The van der Waals surface area contributed by atoms with Crippen molar-refractivity contribution >= 4 is 35.2 Å². The number of nitrogens with one attached hydrogen (secondary N) is 1. The van der Waals surface area contributed by atoms with Crippen molar-refractivity contribution in [2.24, 2.45) is 0 Å². The normalized spacial score (nSPS) is 12.8. The average molecular weight is 447 g/mol. The van der Waals surface area contributed by atoms with Gasteiger partial charge in [0, 0.05) is 23.4 Å². The SMILES string of the molecule is CC[C@@H](C)NC(=O)[C@H](C)N(Cc1cccc(C)c1)C(=O)CSCc1ccccc1Cl. The standard InChI is InChI=1S/C24H31ClN2O2S/c1-5-18(3)26-24(29)19(4)27(14-20-10-8-9-17(2)13-20)23(28)16-30-15-21-11-6-7-12-22(21)25/h6-13,18-19H,5,14-16H2,1-4H3,(H,26,29)/t18-,19+/m1/s1. The first kappa shape index (κ1) is 24.3. The first-order valence-electron chi connectivity index (χ1n) is 10.3. The molecule has 2 amide bonds. The molecule has 0 radical (unpaired) electrons. The van der Waals surface area contributed by atoms with E-state index in [2.05, 4.69) is 11.4 Å². The van der Waals surface area contributed by atoms with Gasteiger partial charge in [-0.2, -0.15) is 0 Å². The van der Waals surface area contributed by atoms with E-state index in [0.29, 0.717) is 17.3 Å². The average Bonchev–Trinajstić information content (AvgIpc) is 2.72. The first-order chi connectivity index (χ1) is 14.3. The third-order valence-electron chi connectivity index (χ3n) is 5.04. The van der Waals surface area contributed by atoms with E-state index in [1.165, 1.54) is 11.8 Å². The molecule has 0 saturated heterocycles.